The van der Waals surface area contributed by atoms with Crippen LogP contribution in [0, 0.1) is 0 Å². The van der Waals surface area contributed by atoms with Gasteiger partial charge in [-0.05, 0) is 56.9 Å². The topological polar surface area (TPSA) is 89.9 Å². The van der Waals surface area contributed by atoms with Gasteiger partial charge in [-0.25, -0.2) is 0 Å². The molecule has 2 aromatic carbocycles. The Morgan fingerprint density at radius 2 is 1.79 bits per heavy atom. The number of carbonyl (C=O) groups excluding carboxylic acids is 2. The highest BCUT2D eigenvalue weighted by atomic mass is 79.9. The Hall–Kier alpha value is -2.52. The summed E-state index contributed by atoms with van der Waals surface area (Å²) in [5.74, 6) is -1.41. The molecule has 3 aromatic rings. The van der Waals surface area contributed by atoms with Crippen LogP contribution in [0.1, 0.15) is 30.0 Å². The lowest BCUT2D eigenvalue weighted by atomic mass is 10.0. The van der Waals surface area contributed by atoms with Gasteiger partial charge in [-0.15, -0.1) is 11.3 Å². The van der Waals surface area contributed by atoms with Gasteiger partial charge in [0, 0.05) is 22.4 Å². The van der Waals surface area contributed by atoms with Crippen molar-refractivity contribution in [1.82, 2.24) is 10.2 Å². The number of rotatable bonds is 7. The number of hydrogen-bond donors (Lipinski definition) is 3. The molecular weight excluding hydrogens is 504 g/mol. The van der Waals surface area contributed by atoms with Crippen molar-refractivity contribution in [3.05, 3.63) is 81.6 Å². The molecule has 2 heterocycles. The highest BCUT2D eigenvalue weighted by Gasteiger charge is 2.38. The summed E-state index contributed by atoms with van der Waals surface area (Å²) in [4.78, 5) is 28.0. The van der Waals surface area contributed by atoms with Crippen molar-refractivity contribution >= 4 is 39.1 Å². The van der Waals surface area contributed by atoms with Crippen molar-refractivity contribution in [2.45, 2.75) is 37.6 Å². The lowest BCUT2D eigenvalue weighted by molar-refractivity contribution is -0.153. The van der Waals surface area contributed by atoms with Crippen molar-refractivity contribution in [3.63, 3.8) is 0 Å². The van der Waals surface area contributed by atoms with Crippen LogP contribution < -0.4 is 5.32 Å². The van der Waals surface area contributed by atoms with Crippen LogP contribution in [0.3, 0.4) is 0 Å². The molecule has 1 aliphatic heterocycles. The molecule has 1 aliphatic rings. The monoisotopic (exact) mass is 528 g/mol. The van der Waals surface area contributed by atoms with Crippen LogP contribution in [0.2, 0.25) is 0 Å². The quantitative estimate of drug-likeness (QED) is 0.434. The molecule has 0 radical (unpaired) electrons. The van der Waals surface area contributed by atoms with Gasteiger partial charge in [0.05, 0.1) is 6.04 Å². The molecule has 0 spiro atoms. The summed E-state index contributed by atoms with van der Waals surface area (Å²) >= 11 is 5.16. The zero-order valence-electron chi connectivity index (χ0n) is 17.9. The minimum Gasteiger partial charge on any atom is -0.380 e. The second-order valence-corrected chi connectivity index (χ2v) is 9.77. The van der Waals surface area contributed by atoms with E-state index in [2.05, 4.69) is 21.2 Å². The third kappa shape index (κ3) is 5.35. The molecule has 1 saturated heterocycles. The number of aliphatic hydroxyl groups is 2. The molecule has 172 valence electrons. The van der Waals surface area contributed by atoms with E-state index < -0.39 is 24.0 Å². The Balaban J connectivity index is 1.34. The average Bonchev–Trinajstić information content (AvgIpc) is 3.51. The molecule has 3 unspecified atom stereocenters. The van der Waals surface area contributed by atoms with Crippen molar-refractivity contribution < 1.29 is 19.8 Å². The molecular formula is C25H25BrN2O4S. The van der Waals surface area contributed by atoms with Crippen LogP contribution in [0.4, 0.5) is 0 Å². The summed E-state index contributed by atoms with van der Waals surface area (Å²) in [5, 5.41) is 25.4. The summed E-state index contributed by atoms with van der Waals surface area (Å²) in [6.07, 6.45) is -2.06. The van der Waals surface area contributed by atoms with Crippen LogP contribution >= 0.6 is 27.3 Å². The zero-order chi connectivity index (χ0) is 23.4. The summed E-state index contributed by atoms with van der Waals surface area (Å²) in [5.41, 5.74) is 2.88. The van der Waals surface area contributed by atoms with Crippen LogP contribution in [-0.2, 0) is 16.1 Å². The molecule has 33 heavy (non-hydrogen) atoms. The normalized spacial score (nSPS) is 17.5. The van der Waals surface area contributed by atoms with E-state index >= 15 is 0 Å². The molecule has 4 rings (SSSR count). The van der Waals surface area contributed by atoms with E-state index in [1.54, 1.807) is 16.2 Å². The lowest BCUT2D eigenvalue weighted by Crippen LogP contribution is -2.50. The number of nitrogens with one attached hydrogen (secondary N) is 1. The minimum absolute atomic E-state index is 0.162. The Labute approximate surface area is 205 Å². The van der Waals surface area contributed by atoms with Crippen molar-refractivity contribution in [2.75, 3.05) is 6.54 Å². The highest BCUT2D eigenvalue weighted by molar-refractivity contribution is 9.10. The van der Waals surface area contributed by atoms with Crippen molar-refractivity contribution in [2.24, 2.45) is 0 Å². The first kappa shape index (κ1) is 23.6. The van der Waals surface area contributed by atoms with E-state index in [1.165, 1.54) is 0 Å². The fourth-order valence-corrected chi connectivity index (χ4v) is 5.68. The van der Waals surface area contributed by atoms with E-state index in [9.17, 15) is 19.8 Å². The number of aliphatic hydroxyl groups excluding tert-OH is 2. The summed E-state index contributed by atoms with van der Waals surface area (Å²) in [6, 6.07) is 19.1. The number of thiophene rings is 1. The fourth-order valence-electron chi connectivity index (χ4n) is 4.07. The number of amides is 2. The molecule has 8 heteroatoms. The number of hydrogen-bond acceptors (Lipinski definition) is 5. The van der Waals surface area contributed by atoms with Crippen LogP contribution in [0.5, 0.6) is 0 Å². The van der Waals surface area contributed by atoms with Crippen molar-refractivity contribution in [3.8, 4) is 10.4 Å². The third-order valence-corrected chi connectivity index (χ3v) is 7.73. The van der Waals surface area contributed by atoms with Gasteiger partial charge in [0.2, 0.25) is 0 Å². The van der Waals surface area contributed by atoms with E-state index in [1.807, 2.05) is 66.0 Å². The van der Waals surface area contributed by atoms with Crippen LogP contribution in [-0.4, -0.2) is 45.7 Å². The maximum Gasteiger partial charge on any atom is 0.255 e. The SMILES string of the molecule is O=C(NCc1ccc(-c2sccc2Br)cc1)C(O)C(O)C(=O)N1CCCC1c1ccccc1. The third-order valence-electron chi connectivity index (χ3n) is 5.84. The van der Waals surface area contributed by atoms with Gasteiger partial charge in [0.1, 0.15) is 0 Å². The Morgan fingerprint density at radius 3 is 2.45 bits per heavy atom. The number of benzene rings is 2. The Bertz CT molecular complexity index is 1100. The number of carbonyl (C=O) groups is 2. The predicted molar refractivity (Wildman–Crippen MR) is 131 cm³/mol. The van der Waals surface area contributed by atoms with E-state index in [4.69, 9.17) is 0 Å². The lowest BCUT2D eigenvalue weighted by Gasteiger charge is -2.28. The molecule has 3 N–H and O–H groups in total. The molecule has 1 fully saturated rings. The smallest absolute Gasteiger partial charge is 0.255 e. The summed E-state index contributed by atoms with van der Waals surface area (Å²) < 4.78 is 1.03. The Morgan fingerprint density at radius 1 is 1.06 bits per heavy atom. The average molecular weight is 529 g/mol. The molecule has 1 aromatic heterocycles. The van der Waals surface area contributed by atoms with Gasteiger partial charge in [-0.2, -0.15) is 0 Å². The number of likely N-dealkylation sites (tertiary alicyclic amines) is 1. The van der Waals surface area contributed by atoms with Gasteiger partial charge in [0.25, 0.3) is 11.8 Å². The predicted octanol–water partition coefficient (Wildman–Crippen LogP) is 3.88. The first-order valence-electron chi connectivity index (χ1n) is 10.8. The number of halogens is 1. The molecule has 0 bridgehead atoms. The van der Waals surface area contributed by atoms with E-state index in [0.717, 1.165) is 38.9 Å². The molecule has 0 saturated carbocycles. The molecule has 3 atom stereocenters. The van der Waals surface area contributed by atoms with Gasteiger partial charge in [-0.1, -0.05) is 54.6 Å². The van der Waals surface area contributed by atoms with E-state index in [0.29, 0.717) is 6.54 Å². The largest absolute Gasteiger partial charge is 0.380 e. The van der Waals surface area contributed by atoms with Crippen LogP contribution in [0.15, 0.2) is 70.5 Å². The molecule has 2 amide bonds. The second-order valence-electron chi connectivity index (χ2n) is 8.00. The second kappa shape index (κ2) is 10.6. The highest BCUT2D eigenvalue weighted by Crippen LogP contribution is 2.34. The molecule has 6 nitrogen and oxygen atoms in total. The van der Waals surface area contributed by atoms with Crippen molar-refractivity contribution in [1.29, 1.82) is 0 Å². The summed E-state index contributed by atoms with van der Waals surface area (Å²) in [7, 11) is 0. The van der Waals surface area contributed by atoms with Gasteiger partial charge in [-0.3, -0.25) is 9.59 Å². The van der Waals surface area contributed by atoms with Gasteiger partial charge < -0.3 is 20.4 Å². The molecule has 0 aliphatic carbocycles. The maximum absolute atomic E-state index is 12.9. The standard InChI is InChI=1S/C25H25BrN2O4S/c26-19-12-14-33-23(19)18-10-8-16(9-11-18)15-27-24(31)21(29)22(30)25(32)28-13-4-7-20(28)17-5-2-1-3-6-17/h1-3,5-6,8-12,14,20-22,29-30H,4,7,13,15H2,(H,27,31). The fraction of sp³-hybridized carbons (Fsp3) is 0.280. The maximum atomic E-state index is 12.9. The van der Waals surface area contributed by atoms with E-state index in [-0.39, 0.29) is 12.6 Å². The van der Waals surface area contributed by atoms with Gasteiger partial charge in [0.15, 0.2) is 12.2 Å². The van der Waals surface area contributed by atoms with Gasteiger partial charge >= 0.3 is 0 Å². The zero-order valence-corrected chi connectivity index (χ0v) is 20.3. The van der Waals surface area contributed by atoms with Crippen LogP contribution in [0.25, 0.3) is 10.4 Å². The number of nitrogens with zero attached hydrogens (tertiary/aromatic N) is 1. The first-order chi connectivity index (χ1) is 16.0. The first-order valence-corrected chi connectivity index (χ1v) is 12.4. The summed E-state index contributed by atoms with van der Waals surface area (Å²) in [6.45, 7) is 0.662. The Kier molecular flexibility index (Phi) is 7.60. The minimum atomic E-state index is -1.84.